The average molecular weight is 395 g/mol. The predicted molar refractivity (Wildman–Crippen MR) is 106 cm³/mol. The molecule has 0 bridgehead atoms. The highest BCUT2D eigenvalue weighted by Crippen LogP contribution is 2.23. The van der Waals surface area contributed by atoms with E-state index in [1.807, 2.05) is 49.9 Å². The zero-order chi connectivity index (χ0) is 19.8. The third-order valence-corrected chi connectivity index (χ3v) is 4.94. The Balaban J connectivity index is 1.72. The molecule has 0 radical (unpaired) electrons. The molecule has 1 atom stereocenters. The molecule has 142 valence electrons. The van der Waals surface area contributed by atoms with Crippen LogP contribution in [0.4, 0.5) is 0 Å². The number of aryl methyl sites for hydroxylation is 3. The van der Waals surface area contributed by atoms with Crippen LogP contribution in [-0.4, -0.2) is 30.1 Å². The van der Waals surface area contributed by atoms with Gasteiger partial charge in [0.2, 0.25) is 0 Å². The van der Waals surface area contributed by atoms with E-state index in [4.69, 9.17) is 11.6 Å². The molecule has 0 saturated carbocycles. The fourth-order valence-electron chi connectivity index (χ4n) is 3.20. The summed E-state index contributed by atoms with van der Waals surface area (Å²) in [6.07, 6.45) is 5.13. The number of benzene rings is 1. The predicted octanol–water partition coefficient (Wildman–Crippen LogP) is 3.25. The van der Waals surface area contributed by atoms with E-state index in [9.17, 15) is 4.79 Å². The number of imidazole rings is 1. The van der Waals surface area contributed by atoms with Gasteiger partial charge >= 0.3 is 0 Å². The van der Waals surface area contributed by atoms with E-state index < -0.39 is 6.04 Å². The second kappa shape index (κ2) is 7.09. The number of halogens is 1. The Morgan fingerprint density at radius 2 is 1.93 bits per heavy atom. The molecule has 0 aliphatic carbocycles. The molecule has 1 amide bonds. The van der Waals surface area contributed by atoms with Crippen LogP contribution in [0.5, 0.6) is 0 Å². The van der Waals surface area contributed by atoms with Crippen molar-refractivity contribution in [3.63, 3.8) is 0 Å². The van der Waals surface area contributed by atoms with Gasteiger partial charge in [0.15, 0.2) is 5.65 Å². The second-order valence-electron chi connectivity index (χ2n) is 6.67. The summed E-state index contributed by atoms with van der Waals surface area (Å²) in [4.78, 5) is 21.9. The largest absolute Gasteiger partial charge is 0.338 e. The second-order valence-corrected chi connectivity index (χ2v) is 7.10. The lowest BCUT2D eigenvalue weighted by atomic mass is 10.1. The van der Waals surface area contributed by atoms with E-state index in [1.54, 1.807) is 29.0 Å². The fourth-order valence-corrected chi connectivity index (χ4v) is 3.33. The summed E-state index contributed by atoms with van der Waals surface area (Å²) in [7, 11) is 1.89. The molecule has 0 aliphatic rings. The molecule has 3 heterocycles. The summed E-state index contributed by atoms with van der Waals surface area (Å²) in [6, 6.07) is 8.80. The van der Waals surface area contributed by atoms with Gasteiger partial charge in [-0.1, -0.05) is 23.7 Å². The van der Waals surface area contributed by atoms with E-state index >= 15 is 0 Å². The first-order valence-electron chi connectivity index (χ1n) is 8.79. The summed E-state index contributed by atoms with van der Waals surface area (Å²) >= 11 is 6.03. The Labute approximate surface area is 167 Å². The Kier molecular flexibility index (Phi) is 4.60. The SMILES string of the molecule is Cc1cc2ncc(C(=O)N[C@@H](c3ccc(Cl)cc3)c3nccn3C)c(C)n2n1. The first kappa shape index (κ1) is 18.2. The summed E-state index contributed by atoms with van der Waals surface area (Å²) in [5, 5.41) is 8.12. The zero-order valence-corrected chi connectivity index (χ0v) is 16.5. The van der Waals surface area contributed by atoms with Crippen molar-refractivity contribution < 1.29 is 4.79 Å². The van der Waals surface area contributed by atoms with Crippen molar-refractivity contribution in [2.45, 2.75) is 19.9 Å². The molecule has 7 nitrogen and oxygen atoms in total. The van der Waals surface area contributed by atoms with Crippen molar-refractivity contribution in [2.24, 2.45) is 7.05 Å². The van der Waals surface area contributed by atoms with E-state index in [0.29, 0.717) is 16.2 Å². The van der Waals surface area contributed by atoms with Gasteiger partial charge in [-0.25, -0.2) is 14.5 Å². The van der Waals surface area contributed by atoms with Crippen molar-refractivity contribution in [3.8, 4) is 0 Å². The van der Waals surface area contributed by atoms with Crippen LogP contribution in [-0.2, 0) is 7.05 Å². The van der Waals surface area contributed by atoms with Crippen molar-refractivity contribution in [3.05, 3.63) is 82.3 Å². The smallest absolute Gasteiger partial charge is 0.255 e. The minimum atomic E-state index is -0.431. The van der Waals surface area contributed by atoms with Crippen LogP contribution >= 0.6 is 11.6 Å². The zero-order valence-electron chi connectivity index (χ0n) is 15.7. The van der Waals surface area contributed by atoms with E-state index in [-0.39, 0.29) is 5.91 Å². The lowest BCUT2D eigenvalue weighted by molar-refractivity contribution is 0.0939. The van der Waals surface area contributed by atoms with Crippen molar-refractivity contribution in [1.82, 2.24) is 29.5 Å². The number of nitrogens with zero attached hydrogens (tertiary/aromatic N) is 5. The van der Waals surface area contributed by atoms with Gasteiger partial charge in [0.25, 0.3) is 5.91 Å². The number of hydrogen-bond donors (Lipinski definition) is 1. The van der Waals surface area contributed by atoms with E-state index in [2.05, 4.69) is 20.4 Å². The molecule has 4 rings (SSSR count). The fraction of sp³-hybridized carbons (Fsp3) is 0.200. The maximum absolute atomic E-state index is 13.1. The molecule has 8 heteroatoms. The van der Waals surface area contributed by atoms with Crippen LogP contribution in [0.25, 0.3) is 5.65 Å². The van der Waals surface area contributed by atoms with Gasteiger partial charge in [-0.2, -0.15) is 5.10 Å². The molecule has 0 unspecified atom stereocenters. The standard InChI is InChI=1S/C20H19ClN6O/c1-12-10-17-23-11-16(13(2)27(17)25-12)20(28)24-18(19-22-8-9-26(19)3)14-4-6-15(21)7-5-14/h4-11,18H,1-3H3,(H,24,28)/t18-/m0/s1. The molecule has 0 spiro atoms. The van der Waals surface area contributed by atoms with Crippen LogP contribution in [0.2, 0.25) is 5.02 Å². The van der Waals surface area contributed by atoms with Gasteiger partial charge in [0.1, 0.15) is 11.9 Å². The summed E-state index contributed by atoms with van der Waals surface area (Å²) in [6.45, 7) is 3.75. The van der Waals surface area contributed by atoms with Crippen molar-refractivity contribution in [1.29, 1.82) is 0 Å². The summed E-state index contributed by atoms with van der Waals surface area (Å²) in [5.74, 6) is 0.472. The van der Waals surface area contributed by atoms with Crippen LogP contribution in [0.15, 0.2) is 48.9 Å². The maximum atomic E-state index is 13.1. The summed E-state index contributed by atoms with van der Waals surface area (Å²) in [5.41, 5.74) is 3.63. The topological polar surface area (TPSA) is 77.1 Å². The molecule has 1 N–H and O–H groups in total. The number of rotatable bonds is 4. The number of carbonyl (C=O) groups is 1. The van der Waals surface area contributed by atoms with Gasteiger partial charge in [-0.3, -0.25) is 4.79 Å². The molecule has 1 aromatic carbocycles. The van der Waals surface area contributed by atoms with Crippen molar-refractivity contribution in [2.75, 3.05) is 0 Å². The molecular formula is C20H19ClN6O. The first-order valence-corrected chi connectivity index (χ1v) is 9.17. The lowest BCUT2D eigenvalue weighted by Gasteiger charge is -2.20. The molecule has 4 aromatic rings. The monoisotopic (exact) mass is 394 g/mol. The Morgan fingerprint density at radius 3 is 2.61 bits per heavy atom. The number of carbonyl (C=O) groups excluding carboxylic acids is 1. The Hall–Kier alpha value is -3.19. The number of aromatic nitrogens is 5. The lowest BCUT2D eigenvalue weighted by Crippen LogP contribution is -2.32. The highest BCUT2D eigenvalue weighted by Gasteiger charge is 2.23. The average Bonchev–Trinajstić information content (AvgIpc) is 3.26. The molecule has 3 aromatic heterocycles. The highest BCUT2D eigenvalue weighted by molar-refractivity contribution is 6.30. The maximum Gasteiger partial charge on any atom is 0.255 e. The summed E-state index contributed by atoms with van der Waals surface area (Å²) < 4.78 is 3.56. The normalized spacial score (nSPS) is 12.3. The third-order valence-electron chi connectivity index (χ3n) is 4.69. The minimum Gasteiger partial charge on any atom is -0.338 e. The van der Waals surface area contributed by atoms with Crippen LogP contribution < -0.4 is 5.32 Å². The Bertz CT molecular complexity index is 1160. The van der Waals surface area contributed by atoms with Crippen LogP contribution in [0.3, 0.4) is 0 Å². The number of hydrogen-bond acceptors (Lipinski definition) is 4. The van der Waals surface area contributed by atoms with E-state index in [1.165, 1.54) is 0 Å². The van der Waals surface area contributed by atoms with Gasteiger partial charge < -0.3 is 9.88 Å². The van der Waals surface area contributed by atoms with Crippen LogP contribution in [0.1, 0.15) is 39.2 Å². The molecule has 28 heavy (non-hydrogen) atoms. The molecule has 0 fully saturated rings. The number of nitrogens with one attached hydrogen (secondary N) is 1. The number of amides is 1. The third kappa shape index (κ3) is 3.25. The van der Waals surface area contributed by atoms with Gasteiger partial charge in [0.05, 0.1) is 17.0 Å². The minimum absolute atomic E-state index is 0.247. The van der Waals surface area contributed by atoms with Gasteiger partial charge in [-0.05, 0) is 31.5 Å². The van der Waals surface area contributed by atoms with Gasteiger partial charge in [-0.15, -0.1) is 0 Å². The first-order chi connectivity index (χ1) is 13.4. The van der Waals surface area contributed by atoms with E-state index in [0.717, 1.165) is 22.8 Å². The molecular weight excluding hydrogens is 376 g/mol. The highest BCUT2D eigenvalue weighted by atomic mass is 35.5. The molecule has 0 aliphatic heterocycles. The molecule has 0 saturated heterocycles. The van der Waals surface area contributed by atoms with Crippen molar-refractivity contribution >= 4 is 23.2 Å². The van der Waals surface area contributed by atoms with Crippen LogP contribution in [0, 0.1) is 13.8 Å². The van der Waals surface area contributed by atoms with Gasteiger partial charge in [0, 0.05) is 36.7 Å². The number of fused-ring (bicyclic) bond motifs is 1. The quantitative estimate of drug-likeness (QED) is 0.576. The Morgan fingerprint density at radius 1 is 1.18 bits per heavy atom.